The monoisotopic (exact) mass is 510 g/mol. The molecule has 1 heterocycles. The second kappa shape index (κ2) is 12.0. The number of aromatic nitrogens is 2. The Bertz CT molecular complexity index is 1080. The Morgan fingerprint density at radius 3 is 2.50 bits per heavy atom. The summed E-state index contributed by atoms with van der Waals surface area (Å²) in [4.78, 5) is 12.1. The van der Waals surface area contributed by atoms with Crippen LogP contribution >= 0.6 is 46.5 Å². The summed E-state index contributed by atoms with van der Waals surface area (Å²) >= 11 is 10.4. The number of carbonyl (C=O) groups excluding carboxylic acids is 1. The number of benzene rings is 2. The second-order valence-electron chi connectivity index (χ2n) is 6.07. The number of carbonyl (C=O) groups is 1. The number of ether oxygens (including phenoxy) is 2. The minimum absolute atomic E-state index is 0.103. The zero-order valence-corrected chi connectivity index (χ0v) is 20.3. The number of halogens is 1. The number of hydrogen-bond acceptors (Lipinski definition) is 10. The number of nitrogens with zero attached hydrogens (tertiary/aromatic N) is 3. The van der Waals surface area contributed by atoms with E-state index in [1.165, 1.54) is 43.5 Å². The molecule has 1 amide bonds. The van der Waals surface area contributed by atoms with Crippen LogP contribution in [0.2, 0.25) is 5.02 Å². The molecule has 0 saturated heterocycles. The maximum atomic E-state index is 12.1. The van der Waals surface area contributed by atoms with Crippen molar-refractivity contribution in [3.8, 4) is 17.2 Å². The van der Waals surface area contributed by atoms with Crippen LogP contribution in [0.5, 0.6) is 17.2 Å². The average molecular weight is 511 g/mol. The standard InChI is InChI=1S/C20H19ClN4O4S3/c1-28-15-7-12(8-16(29-2)18(15)27)9-22-23-17(26)11-31-20-25-24-19(32-20)30-10-13-5-3-4-6-14(13)21/h3-9,27H,10-11H2,1-2H3,(H,23,26)/b22-9-. The molecule has 1 aromatic heterocycles. The van der Waals surface area contributed by atoms with Crippen molar-refractivity contribution >= 4 is 58.6 Å². The van der Waals surface area contributed by atoms with E-state index < -0.39 is 0 Å². The normalized spacial score (nSPS) is 11.0. The van der Waals surface area contributed by atoms with Crippen LogP contribution < -0.4 is 14.9 Å². The first-order valence-corrected chi connectivity index (χ1v) is 12.3. The van der Waals surface area contributed by atoms with Gasteiger partial charge in [-0.05, 0) is 23.8 Å². The fraction of sp³-hybridized carbons (Fsp3) is 0.200. The van der Waals surface area contributed by atoms with Gasteiger partial charge in [0.15, 0.2) is 20.2 Å². The highest BCUT2D eigenvalue weighted by atomic mass is 35.5. The molecule has 168 valence electrons. The van der Waals surface area contributed by atoms with Crippen molar-refractivity contribution in [1.29, 1.82) is 0 Å². The van der Waals surface area contributed by atoms with Crippen LogP contribution in [-0.4, -0.2) is 47.4 Å². The molecule has 3 aromatic rings. The summed E-state index contributed by atoms with van der Waals surface area (Å²) < 4.78 is 11.7. The number of phenolic OH excluding ortho intramolecular Hbond substituents is 1. The maximum Gasteiger partial charge on any atom is 0.250 e. The Morgan fingerprint density at radius 1 is 1.19 bits per heavy atom. The number of hydrazone groups is 1. The number of amides is 1. The van der Waals surface area contributed by atoms with Crippen molar-refractivity contribution in [1.82, 2.24) is 15.6 Å². The van der Waals surface area contributed by atoms with Crippen molar-refractivity contribution in [2.24, 2.45) is 5.10 Å². The zero-order chi connectivity index (χ0) is 22.9. The fourth-order valence-electron chi connectivity index (χ4n) is 2.40. The van der Waals surface area contributed by atoms with Gasteiger partial charge < -0.3 is 14.6 Å². The van der Waals surface area contributed by atoms with Crippen molar-refractivity contribution < 1.29 is 19.4 Å². The van der Waals surface area contributed by atoms with E-state index in [2.05, 4.69) is 20.7 Å². The lowest BCUT2D eigenvalue weighted by atomic mass is 10.2. The molecule has 32 heavy (non-hydrogen) atoms. The van der Waals surface area contributed by atoms with Gasteiger partial charge in [-0.15, -0.1) is 10.2 Å². The number of aromatic hydroxyl groups is 1. The first-order valence-electron chi connectivity index (χ1n) is 9.09. The highest BCUT2D eigenvalue weighted by Crippen LogP contribution is 2.36. The van der Waals surface area contributed by atoms with Crippen LogP contribution in [0.3, 0.4) is 0 Å². The Labute approximate surface area is 202 Å². The number of rotatable bonds is 10. The number of phenols is 1. The largest absolute Gasteiger partial charge is 0.502 e. The molecule has 0 atom stereocenters. The molecule has 2 aromatic carbocycles. The van der Waals surface area contributed by atoms with Gasteiger partial charge in [0.1, 0.15) is 0 Å². The summed E-state index contributed by atoms with van der Waals surface area (Å²) in [7, 11) is 2.87. The van der Waals surface area contributed by atoms with Gasteiger partial charge in [0.25, 0.3) is 5.91 Å². The van der Waals surface area contributed by atoms with Gasteiger partial charge in [-0.3, -0.25) is 4.79 Å². The smallest absolute Gasteiger partial charge is 0.250 e. The molecule has 0 aliphatic rings. The first-order chi connectivity index (χ1) is 15.5. The summed E-state index contributed by atoms with van der Waals surface area (Å²) in [6, 6.07) is 10.8. The molecule has 0 radical (unpaired) electrons. The Kier molecular flexibility index (Phi) is 9.03. The lowest BCUT2D eigenvalue weighted by Crippen LogP contribution is -2.19. The van der Waals surface area contributed by atoms with E-state index in [0.717, 1.165) is 14.9 Å². The van der Waals surface area contributed by atoms with Crippen molar-refractivity contribution in [3.05, 3.63) is 52.5 Å². The number of methoxy groups -OCH3 is 2. The second-order valence-corrected chi connectivity index (χ2v) is 9.90. The van der Waals surface area contributed by atoms with Crippen molar-refractivity contribution in [2.45, 2.75) is 14.4 Å². The van der Waals surface area contributed by atoms with Crippen LogP contribution in [0.1, 0.15) is 11.1 Å². The summed E-state index contributed by atoms with van der Waals surface area (Å²) in [6.07, 6.45) is 1.43. The van der Waals surface area contributed by atoms with Crippen molar-refractivity contribution in [3.63, 3.8) is 0 Å². The lowest BCUT2D eigenvalue weighted by molar-refractivity contribution is -0.118. The first kappa shape index (κ1) is 24.2. The molecule has 0 bridgehead atoms. The third-order valence-corrected chi connectivity index (χ3v) is 7.54. The summed E-state index contributed by atoms with van der Waals surface area (Å²) in [5.74, 6) is 0.933. The van der Waals surface area contributed by atoms with E-state index in [9.17, 15) is 9.90 Å². The van der Waals surface area contributed by atoms with E-state index in [0.29, 0.717) is 15.7 Å². The minimum Gasteiger partial charge on any atom is -0.502 e. The fourth-order valence-corrected chi connectivity index (χ4v) is 5.49. The summed E-state index contributed by atoms with van der Waals surface area (Å²) in [5.41, 5.74) is 4.08. The van der Waals surface area contributed by atoms with Crippen LogP contribution in [0.25, 0.3) is 0 Å². The van der Waals surface area contributed by atoms with Gasteiger partial charge in [-0.1, -0.05) is 64.7 Å². The highest BCUT2D eigenvalue weighted by Gasteiger charge is 2.11. The van der Waals surface area contributed by atoms with E-state index in [1.54, 1.807) is 23.9 Å². The molecular formula is C20H19ClN4O4S3. The van der Waals surface area contributed by atoms with E-state index in [1.807, 2.05) is 24.3 Å². The Hall–Kier alpha value is -2.47. The van der Waals surface area contributed by atoms with Crippen LogP contribution in [0, 0.1) is 0 Å². The van der Waals surface area contributed by atoms with Crippen LogP contribution in [-0.2, 0) is 10.5 Å². The topological polar surface area (TPSA) is 106 Å². The maximum absolute atomic E-state index is 12.1. The highest BCUT2D eigenvalue weighted by molar-refractivity contribution is 8.03. The number of thioether (sulfide) groups is 2. The van der Waals surface area contributed by atoms with Gasteiger partial charge >= 0.3 is 0 Å². The average Bonchev–Trinajstić information content (AvgIpc) is 3.26. The van der Waals surface area contributed by atoms with Crippen LogP contribution in [0.15, 0.2) is 50.2 Å². The molecule has 3 rings (SSSR count). The van der Waals surface area contributed by atoms with Gasteiger partial charge in [-0.25, -0.2) is 5.43 Å². The summed E-state index contributed by atoms with van der Waals surface area (Å²) in [5, 5.41) is 22.8. The third kappa shape index (κ3) is 6.76. The third-order valence-electron chi connectivity index (χ3n) is 3.93. The predicted octanol–water partition coefficient (Wildman–Crippen LogP) is 4.45. The molecule has 0 saturated carbocycles. The molecule has 0 aliphatic heterocycles. The molecule has 0 spiro atoms. The van der Waals surface area contributed by atoms with E-state index in [-0.39, 0.29) is 28.9 Å². The van der Waals surface area contributed by atoms with Gasteiger partial charge in [0.05, 0.1) is 26.2 Å². The predicted molar refractivity (Wildman–Crippen MR) is 129 cm³/mol. The lowest BCUT2D eigenvalue weighted by Gasteiger charge is -2.09. The van der Waals surface area contributed by atoms with Gasteiger partial charge in [-0.2, -0.15) is 5.10 Å². The Balaban J connectivity index is 1.47. The zero-order valence-electron chi connectivity index (χ0n) is 17.1. The molecule has 0 aliphatic carbocycles. The molecule has 12 heteroatoms. The quantitative estimate of drug-likeness (QED) is 0.234. The number of hydrogen-bond donors (Lipinski definition) is 2. The molecule has 2 N–H and O–H groups in total. The van der Waals surface area contributed by atoms with Crippen LogP contribution in [0.4, 0.5) is 0 Å². The minimum atomic E-state index is -0.288. The van der Waals surface area contributed by atoms with Gasteiger partial charge in [0.2, 0.25) is 5.75 Å². The van der Waals surface area contributed by atoms with E-state index in [4.69, 9.17) is 21.1 Å². The molecule has 0 fully saturated rings. The molecular weight excluding hydrogens is 492 g/mol. The SMILES string of the molecule is COc1cc(/C=N\NC(=O)CSc2nnc(SCc3ccccc3Cl)s2)cc(OC)c1O. The molecule has 8 nitrogen and oxygen atoms in total. The van der Waals surface area contributed by atoms with E-state index >= 15 is 0 Å². The van der Waals surface area contributed by atoms with Crippen molar-refractivity contribution in [2.75, 3.05) is 20.0 Å². The van der Waals surface area contributed by atoms with Gasteiger partial charge in [0, 0.05) is 16.3 Å². The molecule has 0 unspecified atom stereocenters. The Morgan fingerprint density at radius 2 is 1.84 bits per heavy atom. The number of nitrogens with one attached hydrogen (secondary N) is 1. The summed E-state index contributed by atoms with van der Waals surface area (Å²) in [6.45, 7) is 0.